The second-order valence-electron chi connectivity index (χ2n) is 10.1. The second-order valence-corrected chi connectivity index (χ2v) is 11.0. The third-order valence-electron chi connectivity index (χ3n) is 7.44. The number of amides is 3. The van der Waals surface area contributed by atoms with Gasteiger partial charge in [0.1, 0.15) is 11.6 Å². The Morgan fingerprint density at radius 3 is 2.43 bits per heavy atom. The summed E-state index contributed by atoms with van der Waals surface area (Å²) in [6, 6.07) is 12.5. The van der Waals surface area contributed by atoms with Gasteiger partial charge in [-0.2, -0.15) is 0 Å². The standard InChI is InChI=1S/C31H35Cl2N5O4/c1-3-37(4-2)14-6-16-38-15-5-7-24(31(38)42)20-8-10-21(11-9-20)29(40)36-28-25(17-23(33)18-26(28)39)30(41)35-27-13-12-22(32)19-34-27/h8-13,17-19,24,39H,3-7,14-16H2,1-2H3,(H,36,40)(H,34,35,41). The molecule has 222 valence electrons. The average Bonchev–Trinajstić information content (AvgIpc) is 2.98. The summed E-state index contributed by atoms with van der Waals surface area (Å²) in [5, 5.41) is 16.3. The molecule has 9 nitrogen and oxygen atoms in total. The Hall–Kier alpha value is -3.66. The molecule has 0 radical (unpaired) electrons. The molecular formula is C31H35Cl2N5O4. The molecule has 0 spiro atoms. The minimum Gasteiger partial charge on any atom is -0.506 e. The van der Waals surface area contributed by atoms with E-state index >= 15 is 0 Å². The molecule has 1 atom stereocenters. The lowest BCUT2D eigenvalue weighted by atomic mass is 9.89. The predicted octanol–water partition coefficient (Wildman–Crippen LogP) is 6.04. The molecule has 1 unspecified atom stereocenters. The van der Waals surface area contributed by atoms with Crippen LogP contribution in [0, 0.1) is 0 Å². The van der Waals surface area contributed by atoms with Crippen LogP contribution in [0.3, 0.4) is 0 Å². The number of pyridine rings is 1. The summed E-state index contributed by atoms with van der Waals surface area (Å²) < 4.78 is 0. The molecule has 1 aliphatic rings. The maximum absolute atomic E-state index is 13.3. The summed E-state index contributed by atoms with van der Waals surface area (Å²) in [6.07, 6.45) is 4.00. The van der Waals surface area contributed by atoms with E-state index in [0.717, 1.165) is 57.5 Å². The molecule has 42 heavy (non-hydrogen) atoms. The van der Waals surface area contributed by atoms with Gasteiger partial charge in [0, 0.05) is 35.9 Å². The van der Waals surface area contributed by atoms with Gasteiger partial charge in [-0.05, 0) is 74.8 Å². The number of carbonyl (C=O) groups excluding carboxylic acids is 3. The summed E-state index contributed by atoms with van der Waals surface area (Å²) in [6.45, 7) is 8.76. The van der Waals surface area contributed by atoms with E-state index in [2.05, 4.69) is 34.4 Å². The van der Waals surface area contributed by atoms with E-state index < -0.39 is 11.8 Å². The maximum Gasteiger partial charge on any atom is 0.259 e. The predicted molar refractivity (Wildman–Crippen MR) is 166 cm³/mol. The number of nitrogens with zero attached hydrogens (tertiary/aromatic N) is 3. The van der Waals surface area contributed by atoms with Crippen LogP contribution >= 0.6 is 23.2 Å². The number of aromatic nitrogens is 1. The van der Waals surface area contributed by atoms with Crippen molar-refractivity contribution >= 4 is 52.4 Å². The molecule has 1 saturated heterocycles. The number of phenols is 1. The Morgan fingerprint density at radius 1 is 1.02 bits per heavy atom. The van der Waals surface area contributed by atoms with E-state index in [9.17, 15) is 19.5 Å². The molecule has 11 heteroatoms. The number of piperidine rings is 1. The smallest absolute Gasteiger partial charge is 0.259 e. The summed E-state index contributed by atoms with van der Waals surface area (Å²) in [4.78, 5) is 47.8. The molecular weight excluding hydrogens is 577 g/mol. The van der Waals surface area contributed by atoms with Gasteiger partial charge in [0.15, 0.2) is 0 Å². The number of aromatic hydroxyl groups is 1. The van der Waals surface area contributed by atoms with Gasteiger partial charge in [-0.3, -0.25) is 14.4 Å². The van der Waals surface area contributed by atoms with Crippen LogP contribution in [0.5, 0.6) is 5.75 Å². The van der Waals surface area contributed by atoms with Crippen molar-refractivity contribution in [2.45, 2.75) is 39.0 Å². The zero-order valence-electron chi connectivity index (χ0n) is 23.7. The number of halogens is 2. The van der Waals surface area contributed by atoms with Crippen molar-refractivity contribution in [3.05, 3.63) is 81.5 Å². The fraction of sp³-hybridized carbons (Fsp3) is 0.355. The SMILES string of the molecule is CCN(CC)CCCN1CCCC(c2ccc(C(=O)Nc3c(O)cc(Cl)cc3C(=O)Nc3ccc(Cl)cn3)cc2)C1=O. The van der Waals surface area contributed by atoms with Crippen LogP contribution in [0.1, 0.15) is 65.3 Å². The van der Waals surface area contributed by atoms with Gasteiger partial charge >= 0.3 is 0 Å². The van der Waals surface area contributed by atoms with Crippen LogP contribution < -0.4 is 10.6 Å². The summed E-state index contributed by atoms with van der Waals surface area (Å²) in [5.74, 6) is -1.43. The number of anilines is 2. The third-order valence-corrected chi connectivity index (χ3v) is 7.88. The van der Waals surface area contributed by atoms with E-state index in [1.807, 2.05) is 4.90 Å². The highest BCUT2D eigenvalue weighted by molar-refractivity contribution is 6.32. The Balaban J connectivity index is 1.44. The van der Waals surface area contributed by atoms with E-state index in [4.69, 9.17) is 23.2 Å². The van der Waals surface area contributed by atoms with Crippen molar-refractivity contribution in [3.8, 4) is 5.75 Å². The van der Waals surface area contributed by atoms with E-state index in [0.29, 0.717) is 10.6 Å². The molecule has 2 heterocycles. The van der Waals surface area contributed by atoms with E-state index in [1.54, 1.807) is 30.3 Å². The van der Waals surface area contributed by atoms with Gasteiger partial charge in [-0.25, -0.2) is 4.98 Å². The molecule has 0 saturated carbocycles. The number of carbonyl (C=O) groups is 3. The topological polar surface area (TPSA) is 115 Å². The minimum atomic E-state index is -0.634. The summed E-state index contributed by atoms with van der Waals surface area (Å²) in [7, 11) is 0. The van der Waals surface area contributed by atoms with Crippen molar-refractivity contribution in [3.63, 3.8) is 0 Å². The first-order valence-corrected chi connectivity index (χ1v) is 14.8. The van der Waals surface area contributed by atoms with Gasteiger partial charge in [-0.1, -0.05) is 49.2 Å². The average molecular weight is 613 g/mol. The van der Waals surface area contributed by atoms with E-state index in [1.165, 1.54) is 24.4 Å². The van der Waals surface area contributed by atoms with Crippen LogP contribution in [0.2, 0.25) is 10.0 Å². The van der Waals surface area contributed by atoms with Crippen molar-refractivity contribution in [1.82, 2.24) is 14.8 Å². The number of benzene rings is 2. The lowest BCUT2D eigenvalue weighted by Gasteiger charge is -2.33. The maximum atomic E-state index is 13.3. The molecule has 3 aromatic rings. The third kappa shape index (κ3) is 7.79. The van der Waals surface area contributed by atoms with Crippen molar-refractivity contribution in [1.29, 1.82) is 0 Å². The zero-order chi connectivity index (χ0) is 30.2. The van der Waals surface area contributed by atoms with Crippen molar-refractivity contribution < 1.29 is 19.5 Å². The molecule has 0 bridgehead atoms. The molecule has 3 N–H and O–H groups in total. The highest BCUT2D eigenvalue weighted by Gasteiger charge is 2.30. The Bertz CT molecular complexity index is 1410. The summed E-state index contributed by atoms with van der Waals surface area (Å²) >= 11 is 12.0. The molecule has 0 aliphatic carbocycles. The highest BCUT2D eigenvalue weighted by Crippen LogP contribution is 2.33. The molecule has 3 amide bonds. The number of hydrogen-bond donors (Lipinski definition) is 3. The minimum absolute atomic E-state index is 0.0457. The van der Waals surface area contributed by atoms with Crippen LogP contribution in [-0.2, 0) is 4.79 Å². The van der Waals surface area contributed by atoms with E-state index in [-0.39, 0.29) is 39.7 Å². The van der Waals surface area contributed by atoms with Crippen LogP contribution in [-0.4, -0.2) is 70.3 Å². The fourth-order valence-corrected chi connectivity index (χ4v) is 5.41. The lowest BCUT2D eigenvalue weighted by Crippen LogP contribution is -2.41. The first-order valence-electron chi connectivity index (χ1n) is 14.1. The lowest BCUT2D eigenvalue weighted by molar-refractivity contribution is -0.135. The summed E-state index contributed by atoms with van der Waals surface area (Å²) in [5.41, 5.74) is 1.02. The quantitative estimate of drug-likeness (QED) is 0.228. The molecule has 1 aromatic heterocycles. The number of nitrogens with one attached hydrogen (secondary N) is 2. The number of rotatable bonds is 11. The molecule has 4 rings (SSSR count). The van der Waals surface area contributed by atoms with Crippen LogP contribution in [0.15, 0.2) is 54.7 Å². The van der Waals surface area contributed by atoms with Crippen LogP contribution in [0.4, 0.5) is 11.5 Å². The van der Waals surface area contributed by atoms with Gasteiger partial charge < -0.3 is 25.5 Å². The largest absolute Gasteiger partial charge is 0.506 e. The Labute approximate surface area is 255 Å². The highest BCUT2D eigenvalue weighted by atomic mass is 35.5. The van der Waals surface area contributed by atoms with Crippen LogP contribution in [0.25, 0.3) is 0 Å². The number of likely N-dealkylation sites (tertiary alicyclic amines) is 1. The van der Waals surface area contributed by atoms with Crippen molar-refractivity contribution in [2.75, 3.05) is 43.4 Å². The Morgan fingerprint density at radius 2 is 1.76 bits per heavy atom. The van der Waals surface area contributed by atoms with Gasteiger partial charge in [0.2, 0.25) is 5.91 Å². The second kappa shape index (κ2) is 14.5. The molecule has 1 fully saturated rings. The molecule has 1 aliphatic heterocycles. The normalized spacial score (nSPS) is 15.1. The molecule has 2 aromatic carbocycles. The van der Waals surface area contributed by atoms with Crippen molar-refractivity contribution in [2.24, 2.45) is 0 Å². The van der Waals surface area contributed by atoms with Gasteiger partial charge in [0.25, 0.3) is 11.8 Å². The van der Waals surface area contributed by atoms with Gasteiger partial charge in [-0.15, -0.1) is 0 Å². The monoisotopic (exact) mass is 611 g/mol. The Kier molecular flexibility index (Phi) is 10.8. The fourth-order valence-electron chi connectivity index (χ4n) is 5.09. The number of phenolic OH excluding ortho intramolecular Hbond substituents is 1. The van der Waals surface area contributed by atoms with Gasteiger partial charge in [0.05, 0.1) is 22.2 Å². The first-order chi connectivity index (χ1) is 20.2. The first kappa shape index (κ1) is 31.3. The number of hydrogen-bond acceptors (Lipinski definition) is 6. The zero-order valence-corrected chi connectivity index (χ0v) is 25.2.